The quantitative estimate of drug-likeness (QED) is 0.603. The Morgan fingerprint density at radius 1 is 1.47 bits per heavy atom. The topological polar surface area (TPSA) is 52.6 Å². The number of carbonyl (C=O) groups is 1. The molecule has 1 aromatic carbocycles. The van der Waals surface area contributed by atoms with E-state index in [9.17, 15) is 4.79 Å². The zero-order valence-electron chi connectivity index (χ0n) is 10.4. The van der Waals surface area contributed by atoms with Gasteiger partial charge in [-0.1, -0.05) is 19.4 Å². The van der Waals surface area contributed by atoms with Crippen molar-refractivity contribution in [3.05, 3.63) is 29.3 Å². The van der Waals surface area contributed by atoms with Gasteiger partial charge in [-0.05, 0) is 36.1 Å². The minimum Gasteiger partial charge on any atom is -0.478 e. The van der Waals surface area contributed by atoms with Crippen LogP contribution in [0.4, 0.5) is 0 Å². The van der Waals surface area contributed by atoms with E-state index in [1.807, 2.05) is 25.2 Å². The molecule has 94 valence electrons. The standard InChI is InChI=1S/C12H18N2O2S/c1-4-5-9-6-7-10(12(15)16)8-11(9)17-13-14(2)3/h6-8,13H,4-5H2,1-3H3,(H,15,16). The van der Waals surface area contributed by atoms with Gasteiger partial charge in [-0.2, -0.15) is 4.83 Å². The molecule has 1 rings (SSSR count). The van der Waals surface area contributed by atoms with Crippen molar-refractivity contribution in [1.82, 2.24) is 9.84 Å². The lowest BCUT2D eigenvalue weighted by molar-refractivity contribution is 0.0696. The summed E-state index contributed by atoms with van der Waals surface area (Å²) in [6.07, 6.45) is 2.00. The van der Waals surface area contributed by atoms with E-state index in [2.05, 4.69) is 11.8 Å². The number of nitrogens with one attached hydrogen (secondary N) is 1. The molecule has 0 aliphatic heterocycles. The first-order valence-electron chi connectivity index (χ1n) is 5.50. The summed E-state index contributed by atoms with van der Waals surface area (Å²) in [6.45, 7) is 2.11. The van der Waals surface area contributed by atoms with Gasteiger partial charge < -0.3 is 5.11 Å². The molecule has 5 heteroatoms. The average Bonchev–Trinajstić information content (AvgIpc) is 2.27. The molecule has 0 atom stereocenters. The maximum absolute atomic E-state index is 10.9. The third-order valence-corrected chi connectivity index (χ3v) is 3.23. The molecule has 0 unspecified atom stereocenters. The molecule has 0 heterocycles. The lowest BCUT2D eigenvalue weighted by atomic mass is 10.1. The zero-order valence-corrected chi connectivity index (χ0v) is 11.2. The number of hydrazine groups is 1. The van der Waals surface area contributed by atoms with Gasteiger partial charge in [-0.15, -0.1) is 0 Å². The third kappa shape index (κ3) is 4.38. The van der Waals surface area contributed by atoms with Crippen LogP contribution < -0.4 is 4.83 Å². The largest absolute Gasteiger partial charge is 0.478 e. The third-order valence-electron chi connectivity index (χ3n) is 2.17. The molecule has 0 aliphatic carbocycles. The van der Waals surface area contributed by atoms with E-state index < -0.39 is 5.97 Å². The van der Waals surface area contributed by atoms with E-state index in [0.29, 0.717) is 5.56 Å². The second kappa shape index (κ2) is 6.64. The molecule has 0 aliphatic rings. The lowest BCUT2D eigenvalue weighted by Gasteiger charge is -2.14. The first-order valence-corrected chi connectivity index (χ1v) is 6.32. The van der Waals surface area contributed by atoms with E-state index in [1.54, 1.807) is 12.1 Å². The number of nitrogens with zero attached hydrogens (tertiary/aromatic N) is 1. The van der Waals surface area contributed by atoms with Gasteiger partial charge in [0.15, 0.2) is 0 Å². The summed E-state index contributed by atoms with van der Waals surface area (Å²) in [5.74, 6) is -0.889. The van der Waals surface area contributed by atoms with Gasteiger partial charge in [-0.25, -0.2) is 9.80 Å². The normalized spacial score (nSPS) is 10.8. The number of aromatic carboxylic acids is 1. The molecule has 0 saturated carbocycles. The van der Waals surface area contributed by atoms with Gasteiger partial charge in [0.2, 0.25) is 0 Å². The first-order chi connectivity index (χ1) is 8.04. The highest BCUT2D eigenvalue weighted by molar-refractivity contribution is 7.97. The predicted octanol–water partition coefficient (Wildman–Crippen LogP) is 2.41. The average molecular weight is 254 g/mol. The molecule has 0 saturated heterocycles. The maximum atomic E-state index is 10.9. The monoisotopic (exact) mass is 254 g/mol. The van der Waals surface area contributed by atoms with E-state index in [4.69, 9.17) is 5.11 Å². The smallest absolute Gasteiger partial charge is 0.335 e. The summed E-state index contributed by atoms with van der Waals surface area (Å²) < 4.78 is 0. The van der Waals surface area contributed by atoms with Gasteiger partial charge in [0.05, 0.1) is 5.56 Å². The predicted molar refractivity (Wildman–Crippen MR) is 70.1 cm³/mol. The van der Waals surface area contributed by atoms with Crippen LogP contribution in [0.3, 0.4) is 0 Å². The van der Waals surface area contributed by atoms with Crippen LogP contribution >= 0.6 is 11.9 Å². The van der Waals surface area contributed by atoms with Crippen LogP contribution in [0.1, 0.15) is 29.3 Å². The fourth-order valence-corrected chi connectivity index (χ4v) is 2.17. The molecule has 0 amide bonds. The fourth-order valence-electron chi connectivity index (χ4n) is 1.40. The molecule has 4 nitrogen and oxygen atoms in total. The molecular formula is C12H18N2O2S. The lowest BCUT2D eigenvalue weighted by Crippen LogP contribution is -2.23. The molecule has 0 bridgehead atoms. The number of rotatable bonds is 6. The van der Waals surface area contributed by atoms with E-state index in [1.165, 1.54) is 17.5 Å². The summed E-state index contributed by atoms with van der Waals surface area (Å²) in [5.41, 5.74) is 1.50. The Balaban J connectivity index is 2.93. The summed E-state index contributed by atoms with van der Waals surface area (Å²) in [5, 5.41) is 10.8. The van der Waals surface area contributed by atoms with E-state index in [-0.39, 0.29) is 0 Å². The van der Waals surface area contributed by atoms with Gasteiger partial charge in [0, 0.05) is 19.0 Å². The Bertz CT molecular complexity index is 394. The summed E-state index contributed by atoms with van der Waals surface area (Å²) >= 11 is 1.44. The number of hydrogen-bond acceptors (Lipinski definition) is 4. The van der Waals surface area contributed by atoms with Crippen LogP contribution in [0, 0.1) is 0 Å². The Labute approximate surface area is 106 Å². The van der Waals surface area contributed by atoms with Crippen molar-refractivity contribution in [2.75, 3.05) is 14.1 Å². The summed E-state index contributed by atoms with van der Waals surface area (Å²) in [6, 6.07) is 5.27. The van der Waals surface area contributed by atoms with Crippen molar-refractivity contribution in [2.24, 2.45) is 0 Å². The van der Waals surface area contributed by atoms with Crippen molar-refractivity contribution in [2.45, 2.75) is 24.7 Å². The Kier molecular flexibility index (Phi) is 5.47. The molecular weight excluding hydrogens is 236 g/mol. The number of carboxylic acids is 1. The van der Waals surface area contributed by atoms with Crippen LogP contribution in [0.2, 0.25) is 0 Å². The van der Waals surface area contributed by atoms with Gasteiger partial charge >= 0.3 is 5.97 Å². The summed E-state index contributed by atoms with van der Waals surface area (Å²) in [7, 11) is 3.79. The molecule has 2 N–H and O–H groups in total. The van der Waals surface area contributed by atoms with Crippen LogP contribution in [-0.4, -0.2) is 30.2 Å². The number of carboxylic acid groups (broad SMARTS) is 1. The van der Waals surface area contributed by atoms with Gasteiger partial charge in [-0.3, -0.25) is 0 Å². The van der Waals surface area contributed by atoms with Crippen LogP contribution in [0.25, 0.3) is 0 Å². The van der Waals surface area contributed by atoms with E-state index in [0.717, 1.165) is 17.7 Å². The Morgan fingerprint density at radius 3 is 2.71 bits per heavy atom. The molecule has 0 spiro atoms. The Hall–Kier alpha value is -1.04. The molecule has 1 aromatic rings. The highest BCUT2D eigenvalue weighted by atomic mass is 32.2. The second-order valence-corrected chi connectivity index (χ2v) is 4.79. The van der Waals surface area contributed by atoms with Crippen LogP contribution in [-0.2, 0) is 6.42 Å². The minimum atomic E-state index is -0.889. The zero-order chi connectivity index (χ0) is 12.8. The highest BCUT2D eigenvalue weighted by Gasteiger charge is 2.08. The Morgan fingerprint density at radius 2 is 2.18 bits per heavy atom. The minimum absolute atomic E-state index is 0.327. The molecule has 0 aromatic heterocycles. The molecule has 0 fully saturated rings. The number of hydrogen-bond donors (Lipinski definition) is 2. The van der Waals surface area contributed by atoms with Crippen molar-refractivity contribution in [3.63, 3.8) is 0 Å². The number of benzene rings is 1. The van der Waals surface area contributed by atoms with Crippen LogP contribution in [0.15, 0.2) is 23.1 Å². The first kappa shape index (κ1) is 14.0. The van der Waals surface area contributed by atoms with Crippen molar-refractivity contribution in [3.8, 4) is 0 Å². The fraction of sp³-hybridized carbons (Fsp3) is 0.417. The summed E-state index contributed by atoms with van der Waals surface area (Å²) in [4.78, 5) is 15.0. The van der Waals surface area contributed by atoms with Crippen LogP contribution in [0.5, 0.6) is 0 Å². The second-order valence-electron chi connectivity index (χ2n) is 3.97. The highest BCUT2D eigenvalue weighted by Crippen LogP contribution is 2.23. The SMILES string of the molecule is CCCc1ccc(C(=O)O)cc1SNN(C)C. The number of aryl methyl sites for hydroxylation is 1. The van der Waals surface area contributed by atoms with Gasteiger partial charge in [0.25, 0.3) is 0 Å². The van der Waals surface area contributed by atoms with Crippen molar-refractivity contribution in [1.29, 1.82) is 0 Å². The van der Waals surface area contributed by atoms with Crippen molar-refractivity contribution >= 4 is 17.9 Å². The van der Waals surface area contributed by atoms with Gasteiger partial charge in [0.1, 0.15) is 0 Å². The van der Waals surface area contributed by atoms with Crippen molar-refractivity contribution < 1.29 is 9.90 Å². The molecule has 0 radical (unpaired) electrons. The molecule has 17 heavy (non-hydrogen) atoms. The maximum Gasteiger partial charge on any atom is 0.335 e. The van der Waals surface area contributed by atoms with E-state index >= 15 is 0 Å².